The molecule has 212 valence electrons. The minimum absolute atomic E-state index is 0.0157. The number of aromatic amines is 1. The van der Waals surface area contributed by atoms with Crippen LogP contribution in [0.4, 0.5) is 13.2 Å². The van der Waals surface area contributed by atoms with Crippen LogP contribution >= 0.6 is 0 Å². The number of nitrogens with two attached hydrogens (primary N) is 1. The highest BCUT2D eigenvalue weighted by molar-refractivity contribution is 5.97. The van der Waals surface area contributed by atoms with E-state index in [1.54, 1.807) is 6.92 Å². The second kappa shape index (κ2) is 14.2. The topological polar surface area (TPSA) is 143 Å². The van der Waals surface area contributed by atoms with Crippen LogP contribution in [0, 0.1) is 5.92 Å². The van der Waals surface area contributed by atoms with Crippen LogP contribution in [-0.2, 0) is 25.3 Å². The summed E-state index contributed by atoms with van der Waals surface area (Å²) in [6.45, 7) is 5.49. The Morgan fingerprint density at radius 1 is 1.08 bits per heavy atom. The number of aromatic nitrogens is 1. The fraction of sp³-hybridized carbons (Fsp3) is 0.407. The summed E-state index contributed by atoms with van der Waals surface area (Å²) in [6, 6.07) is 5.90. The maximum Gasteiger partial charge on any atom is 0.417 e. The standard InChI is InChI=1S/C27H33F3N4O5/c1-4-39-24(36)14-10-17(9-13-23(31)35)32-26(38)22(15-16(2)3)34-25(37)21-12-11-20(33-21)18-7-5-6-8-19(18)27(28,29)30/h5-8,10-12,14,16-17,22,33H,4,9,13,15H2,1-3H3,(H2,31,35)(H,32,38)(H,34,37)/t17-,22-/m0/s1. The Hall–Kier alpha value is -4.09. The minimum atomic E-state index is -4.59. The number of nitrogens with one attached hydrogen (secondary N) is 3. The van der Waals surface area contributed by atoms with Crippen LogP contribution in [-0.4, -0.2) is 47.4 Å². The van der Waals surface area contributed by atoms with Crippen molar-refractivity contribution < 1.29 is 37.1 Å². The van der Waals surface area contributed by atoms with Gasteiger partial charge in [-0.2, -0.15) is 13.2 Å². The molecule has 39 heavy (non-hydrogen) atoms. The van der Waals surface area contributed by atoms with Crippen molar-refractivity contribution >= 4 is 23.7 Å². The fourth-order valence-electron chi connectivity index (χ4n) is 3.77. The van der Waals surface area contributed by atoms with Gasteiger partial charge in [0, 0.05) is 29.8 Å². The van der Waals surface area contributed by atoms with Gasteiger partial charge in [-0.05, 0) is 43.9 Å². The Kier molecular flexibility index (Phi) is 11.3. The third-order valence-corrected chi connectivity index (χ3v) is 5.56. The molecule has 0 unspecified atom stereocenters. The van der Waals surface area contributed by atoms with Crippen LogP contribution in [0.3, 0.4) is 0 Å². The summed E-state index contributed by atoms with van der Waals surface area (Å²) < 4.78 is 45.1. The molecule has 1 aromatic carbocycles. The molecule has 2 rings (SSSR count). The highest BCUT2D eigenvalue weighted by atomic mass is 19.4. The summed E-state index contributed by atoms with van der Waals surface area (Å²) >= 11 is 0. The van der Waals surface area contributed by atoms with Crippen molar-refractivity contribution in [3.63, 3.8) is 0 Å². The molecule has 0 saturated heterocycles. The number of amides is 3. The number of esters is 1. The van der Waals surface area contributed by atoms with Gasteiger partial charge in [0.1, 0.15) is 11.7 Å². The monoisotopic (exact) mass is 550 g/mol. The molecule has 0 aliphatic carbocycles. The van der Waals surface area contributed by atoms with Crippen LogP contribution < -0.4 is 16.4 Å². The molecule has 3 amide bonds. The number of hydrogen-bond donors (Lipinski definition) is 4. The van der Waals surface area contributed by atoms with Gasteiger partial charge in [-0.15, -0.1) is 0 Å². The molecule has 0 bridgehead atoms. The number of alkyl halides is 3. The first kappa shape index (κ1) is 31.1. The van der Waals surface area contributed by atoms with Crippen LogP contribution in [0.25, 0.3) is 11.3 Å². The van der Waals surface area contributed by atoms with Crippen molar-refractivity contribution in [2.24, 2.45) is 11.7 Å². The van der Waals surface area contributed by atoms with Crippen LogP contribution in [0.5, 0.6) is 0 Å². The van der Waals surface area contributed by atoms with Crippen molar-refractivity contribution in [1.29, 1.82) is 0 Å². The summed E-state index contributed by atoms with van der Waals surface area (Å²) in [5, 5.41) is 5.31. The zero-order chi connectivity index (χ0) is 29.2. The summed E-state index contributed by atoms with van der Waals surface area (Å²) in [4.78, 5) is 51.8. The molecular weight excluding hydrogens is 517 g/mol. The fourth-order valence-corrected chi connectivity index (χ4v) is 3.77. The second-order valence-electron chi connectivity index (χ2n) is 9.22. The summed E-state index contributed by atoms with van der Waals surface area (Å²) in [6.07, 6.45) is -1.79. The van der Waals surface area contributed by atoms with Crippen molar-refractivity contribution in [2.45, 2.75) is 58.3 Å². The molecule has 0 fully saturated rings. The molecule has 0 aliphatic rings. The first-order chi connectivity index (χ1) is 18.3. The highest BCUT2D eigenvalue weighted by Crippen LogP contribution is 2.36. The molecule has 0 radical (unpaired) electrons. The van der Waals surface area contributed by atoms with E-state index < -0.39 is 47.5 Å². The third-order valence-electron chi connectivity index (χ3n) is 5.56. The van der Waals surface area contributed by atoms with E-state index in [9.17, 15) is 32.3 Å². The molecule has 9 nitrogen and oxygen atoms in total. The molecule has 1 heterocycles. The smallest absolute Gasteiger partial charge is 0.417 e. The normalized spacial score (nSPS) is 13.2. The molecular formula is C27H33F3N4O5. The van der Waals surface area contributed by atoms with E-state index in [0.29, 0.717) is 0 Å². The van der Waals surface area contributed by atoms with E-state index in [0.717, 1.165) is 12.1 Å². The van der Waals surface area contributed by atoms with Gasteiger partial charge < -0.3 is 26.1 Å². The van der Waals surface area contributed by atoms with Crippen LogP contribution in [0.1, 0.15) is 56.1 Å². The largest absolute Gasteiger partial charge is 0.463 e. The first-order valence-electron chi connectivity index (χ1n) is 12.4. The van der Waals surface area contributed by atoms with Crippen LogP contribution in [0.2, 0.25) is 0 Å². The van der Waals surface area contributed by atoms with Crippen molar-refractivity contribution in [3.8, 4) is 11.3 Å². The lowest BCUT2D eigenvalue weighted by atomic mass is 10.0. The van der Waals surface area contributed by atoms with E-state index in [4.69, 9.17) is 10.5 Å². The molecule has 2 atom stereocenters. The maximum absolute atomic E-state index is 13.4. The number of carbonyl (C=O) groups excluding carboxylic acids is 4. The lowest BCUT2D eigenvalue weighted by Gasteiger charge is -2.23. The van der Waals surface area contributed by atoms with Crippen molar-refractivity contribution in [2.75, 3.05) is 6.61 Å². The second-order valence-corrected chi connectivity index (χ2v) is 9.22. The van der Waals surface area contributed by atoms with Crippen molar-refractivity contribution in [1.82, 2.24) is 15.6 Å². The molecule has 0 aliphatic heterocycles. The van der Waals surface area contributed by atoms with Gasteiger partial charge in [0.25, 0.3) is 5.91 Å². The molecule has 0 spiro atoms. The van der Waals surface area contributed by atoms with E-state index in [1.165, 1.54) is 36.4 Å². The molecule has 1 aromatic heterocycles. The lowest BCUT2D eigenvalue weighted by molar-refractivity contribution is -0.138. The Morgan fingerprint density at radius 2 is 1.77 bits per heavy atom. The predicted octanol–water partition coefficient (Wildman–Crippen LogP) is 3.71. The van der Waals surface area contributed by atoms with Gasteiger partial charge in [-0.25, -0.2) is 4.79 Å². The zero-order valence-electron chi connectivity index (χ0n) is 21.9. The average Bonchev–Trinajstić information content (AvgIpc) is 3.35. The van der Waals surface area contributed by atoms with E-state index >= 15 is 0 Å². The number of H-pyrrole nitrogens is 1. The van der Waals surface area contributed by atoms with E-state index in [-0.39, 0.29) is 48.7 Å². The van der Waals surface area contributed by atoms with Gasteiger partial charge in [-0.3, -0.25) is 14.4 Å². The number of primary amides is 1. The van der Waals surface area contributed by atoms with Gasteiger partial charge >= 0.3 is 12.1 Å². The molecule has 12 heteroatoms. The summed E-state index contributed by atoms with van der Waals surface area (Å²) in [7, 11) is 0. The number of benzene rings is 1. The Bertz CT molecular complexity index is 1190. The maximum atomic E-state index is 13.4. The Balaban J connectivity index is 2.22. The first-order valence-corrected chi connectivity index (χ1v) is 12.4. The van der Waals surface area contributed by atoms with Gasteiger partial charge in [0.15, 0.2) is 0 Å². The number of halogens is 3. The highest BCUT2D eigenvalue weighted by Gasteiger charge is 2.34. The number of ether oxygens (including phenoxy) is 1. The zero-order valence-corrected chi connectivity index (χ0v) is 21.9. The molecule has 2 aromatic rings. The summed E-state index contributed by atoms with van der Waals surface area (Å²) in [5.41, 5.74) is 4.31. The summed E-state index contributed by atoms with van der Waals surface area (Å²) in [5.74, 6) is -2.51. The van der Waals surface area contributed by atoms with E-state index in [1.807, 2.05) is 13.8 Å². The predicted molar refractivity (Wildman–Crippen MR) is 138 cm³/mol. The quantitative estimate of drug-likeness (QED) is 0.222. The van der Waals surface area contributed by atoms with Gasteiger partial charge in [0.2, 0.25) is 11.8 Å². The van der Waals surface area contributed by atoms with Gasteiger partial charge in [0.05, 0.1) is 12.2 Å². The lowest BCUT2D eigenvalue weighted by Crippen LogP contribution is -2.50. The number of carbonyl (C=O) groups is 4. The SMILES string of the molecule is CCOC(=O)C=C[C@H](CCC(N)=O)NC(=O)[C@H](CC(C)C)NC(=O)c1ccc(-c2ccccc2C(F)(F)F)[nH]1. The van der Waals surface area contributed by atoms with Gasteiger partial charge in [-0.1, -0.05) is 38.1 Å². The number of hydrogen-bond acceptors (Lipinski definition) is 5. The van der Waals surface area contributed by atoms with E-state index in [2.05, 4.69) is 15.6 Å². The minimum Gasteiger partial charge on any atom is -0.463 e. The van der Waals surface area contributed by atoms with Crippen LogP contribution in [0.15, 0.2) is 48.6 Å². The average molecular weight is 551 g/mol. The Morgan fingerprint density at radius 3 is 2.38 bits per heavy atom. The third kappa shape index (κ3) is 9.95. The van der Waals surface area contributed by atoms with Crippen molar-refractivity contribution in [3.05, 3.63) is 59.8 Å². The Labute approximate surface area is 224 Å². The molecule has 5 N–H and O–H groups in total. The molecule has 0 saturated carbocycles. The number of rotatable bonds is 13.